The predicted molar refractivity (Wildman–Crippen MR) is 80.6 cm³/mol. The summed E-state index contributed by atoms with van der Waals surface area (Å²) in [6.45, 7) is 4.20. The van der Waals surface area contributed by atoms with Crippen LogP contribution in [0.3, 0.4) is 0 Å². The lowest BCUT2D eigenvalue weighted by Gasteiger charge is -2.31. The molecule has 0 bridgehead atoms. The van der Waals surface area contributed by atoms with Crippen LogP contribution in [0.15, 0.2) is 18.2 Å². The number of hydrogen-bond donors (Lipinski definition) is 1. The Hall–Kier alpha value is -0.350. The molecule has 0 unspecified atom stereocenters. The Morgan fingerprint density at radius 3 is 2.63 bits per heavy atom. The van der Waals surface area contributed by atoms with Gasteiger partial charge in [-0.15, -0.1) is 12.4 Å². The minimum atomic E-state index is -0.340. The van der Waals surface area contributed by atoms with Crippen LogP contribution < -0.4 is 5.32 Å². The zero-order valence-corrected chi connectivity index (χ0v) is 12.7. The van der Waals surface area contributed by atoms with Gasteiger partial charge in [0.15, 0.2) is 0 Å². The molecule has 0 saturated carbocycles. The first kappa shape index (κ1) is 16.7. The molecule has 5 heteroatoms. The first-order chi connectivity index (χ1) is 8.69. The van der Waals surface area contributed by atoms with Gasteiger partial charge in [0.25, 0.3) is 0 Å². The van der Waals surface area contributed by atoms with Crippen LogP contribution in [0.4, 0.5) is 4.39 Å². The third-order valence-electron chi connectivity index (χ3n) is 3.59. The highest BCUT2D eigenvalue weighted by Gasteiger charge is 2.18. The van der Waals surface area contributed by atoms with Gasteiger partial charge in [0.05, 0.1) is 5.02 Å². The van der Waals surface area contributed by atoms with Gasteiger partial charge >= 0.3 is 0 Å². The normalized spacial score (nSPS) is 17.2. The topological polar surface area (TPSA) is 15.3 Å². The van der Waals surface area contributed by atoms with Crippen LogP contribution in [0, 0.1) is 11.7 Å². The van der Waals surface area contributed by atoms with Gasteiger partial charge in [-0.25, -0.2) is 4.39 Å². The number of piperidine rings is 1. The molecule has 0 spiro atoms. The van der Waals surface area contributed by atoms with Crippen molar-refractivity contribution >= 4 is 24.0 Å². The highest BCUT2D eigenvalue weighted by molar-refractivity contribution is 6.30. The molecular formula is C14H21Cl2FN2. The zero-order chi connectivity index (χ0) is 13.0. The van der Waals surface area contributed by atoms with Gasteiger partial charge in [-0.1, -0.05) is 17.7 Å². The minimum Gasteiger partial charge on any atom is -0.319 e. The third kappa shape index (κ3) is 4.92. The van der Waals surface area contributed by atoms with Crippen LogP contribution in [0.1, 0.15) is 18.4 Å². The van der Waals surface area contributed by atoms with Crippen LogP contribution in [0.2, 0.25) is 5.02 Å². The van der Waals surface area contributed by atoms with E-state index >= 15 is 0 Å². The molecule has 108 valence electrons. The average Bonchev–Trinajstić information content (AvgIpc) is 2.37. The van der Waals surface area contributed by atoms with E-state index in [-0.39, 0.29) is 23.2 Å². The van der Waals surface area contributed by atoms with Crippen molar-refractivity contribution in [1.29, 1.82) is 0 Å². The highest BCUT2D eigenvalue weighted by Crippen LogP contribution is 2.21. The number of rotatable bonds is 4. The molecule has 2 rings (SSSR count). The maximum atomic E-state index is 13.1. The zero-order valence-electron chi connectivity index (χ0n) is 11.2. The average molecular weight is 307 g/mol. The van der Waals surface area contributed by atoms with Crippen LogP contribution in [-0.4, -0.2) is 31.6 Å². The van der Waals surface area contributed by atoms with Crippen molar-refractivity contribution in [3.8, 4) is 0 Å². The van der Waals surface area contributed by atoms with Gasteiger partial charge < -0.3 is 5.32 Å². The van der Waals surface area contributed by atoms with E-state index in [4.69, 9.17) is 11.6 Å². The van der Waals surface area contributed by atoms with Crippen LogP contribution in [0.25, 0.3) is 0 Å². The number of hydrogen-bond acceptors (Lipinski definition) is 2. The monoisotopic (exact) mass is 306 g/mol. The third-order valence-corrected chi connectivity index (χ3v) is 3.88. The Morgan fingerprint density at radius 1 is 1.37 bits per heavy atom. The van der Waals surface area contributed by atoms with Crippen LogP contribution >= 0.6 is 24.0 Å². The second-order valence-corrected chi connectivity index (χ2v) is 5.43. The summed E-state index contributed by atoms with van der Waals surface area (Å²) in [7, 11) is 2.01. The number of nitrogens with one attached hydrogen (secondary N) is 1. The van der Waals surface area contributed by atoms with Gasteiger partial charge in [0, 0.05) is 6.54 Å². The maximum absolute atomic E-state index is 13.1. The number of halogens is 3. The summed E-state index contributed by atoms with van der Waals surface area (Å²) in [6.07, 6.45) is 2.46. The van der Waals surface area contributed by atoms with E-state index in [0.29, 0.717) is 0 Å². The lowest BCUT2D eigenvalue weighted by atomic mass is 9.96. The molecule has 1 fully saturated rings. The second-order valence-electron chi connectivity index (χ2n) is 5.03. The molecule has 0 amide bonds. The Morgan fingerprint density at radius 2 is 2.05 bits per heavy atom. The van der Waals surface area contributed by atoms with Gasteiger partial charge in [0.2, 0.25) is 0 Å². The Balaban J connectivity index is 0.00000180. The number of nitrogens with zero attached hydrogens (tertiary/aromatic N) is 1. The van der Waals surface area contributed by atoms with E-state index in [1.165, 1.54) is 18.9 Å². The van der Waals surface area contributed by atoms with Crippen molar-refractivity contribution in [3.63, 3.8) is 0 Å². The molecule has 1 heterocycles. The molecule has 1 saturated heterocycles. The number of likely N-dealkylation sites (tertiary alicyclic amines) is 1. The summed E-state index contributed by atoms with van der Waals surface area (Å²) < 4.78 is 13.1. The smallest absolute Gasteiger partial charge is 0.141 e. The molecule has 0 atom stereocenters. The van der Waals surface area contributed by atoms with E-state index in [0.717, 1.165) is 37.7 Å². The van der Waals surface area contributed by atoms with E-state index in [2.05, 4.69) is 10.2 Å². The summed E-state index contributed by atoms with van der Waals surface area (Å²) in [5, 5.41) is 3.46. The fourth-order valence-corrected chi connectivity index (χ4v) is 2.74. The fraction of sp³-hybridized carbons (Fsp3) is 0.571. The molecule has 1 aromatic rings. The van der Waals surface area contributed by atoms with Gasteiger partial charge in [0.1, 0.15) is 5.82 Å². The molecule has 0 aromatic heterocycles. The summed E-state index contributed by atoms with van der Waals surface area (Å²) >= 11 is 5.79. The van der Waals surface area contributed by atoms with E-state index in [1.54, 1.807) is 6.07 Å². The van der Waals surface area contributed by atoms with Crippen molar-refractivity contribution < 1.29 is 4.39 Å². The van der Waals surface area contributed by atoms with E-state index in [1.807, 2.05) is 13.1 Å². The van der Waals surface area contributed by atoms with Gasteiger partial charge in [-0.3, -0.25) is 4.90 Å². The van der Waals surface area contributed by atoms with E-state index < -0.39 is 0 Å². The SMILES string of the molecule is CNCC1CCN(Cc2ccc(F)c(Cl)c2)CC1.Cl. The Labute approximate surface area is 125 Å². The predicted octanol–water partition coefficient (Wildman–Crippen LogP) is 3.33. The van der Waals surface area contributed by atoms with Crippen molar-refractivity contribution in [2.75, 3.05) is 26.7 Å². The standard InChI is InChI=1S/C14H20ClFN2.ClH/c1-17-9-11-4-6-18(7-5-11)10-12-2-3-14(16)13(15)8-12;/h2-3,8,11,17H,4-7,9-10H2,1H3;1H. The van der Waals surface area contributed by atoms with Crippen molar-refractivity contribution in [3.05, 3.63) is 34.6 Å². The molecule has 1 aromatic carbocycles. The van der Waals surface area contributed by atoms with Crippen molar-refractivity contribution in [2.45, 2.75) is 19.4 Å². The maximum Gasteiger partial charge on any atom is 0.141 e. The summed E-state index contributed by atoms with van der Waals surface area (Å²) in [6, 6.07) is 5.00. The molecule has 1 N–H and O–H groups in total. The minimum absolute atomic E-state index is 0. The fourth-order valence-electron chi connectivity index (χ4n) is 2.53. The molecule has 1 aliphatic heterocycles. The summed E-state index contributed by atoms with van der Waals surface area (Å²) in [5.74, 6) is 0.455. The lowest BCUT2D eigenvalue weighted by molar-refractivity contribution is 0.177. The Bertz CT molecular complexity index is 393. The van der Waals surface area contributed by atoms with Crippen LogP contribution in [0.5, 0.6) is 0 Å². The van der Waals surface area contributed by atoms with Gasteiger partial charge in [-0.2, -0.15) is 0 Å². The van der Waals surface area contributed by atoms with Crippen molar-refractivity contribution in [1.82, 2.24) is 10.2 Å². The second kappa shape index (κ2) is 8.05. The van der Waals surface area contributed by atoms with Crippen molar-refractivity contribution in [2.24, 2.45) is 5.92 Å². The molecule has 2 nitrogen and oxygen atoms in total. The first-order valence-corrected chi connectivity index (χ1v) is 6.87. The van der Waals surface area contributed by atoms with E-state index in [9.17, 15) is 4.39 Å². The number of benzene rings is 1. The highest BCUT2D eigenvalue weighted by atomic mass is 35.5. The largest absolute Gasteiger partial charge is 0.319 e. The van der Waals surface area contributed by atoms with Crippen LogP contribution in [-0.2, 0) is 6.54 Å². The first-order valence-electron chi connectivity index (χ1n) is 6.50. The molecular weight excluding hydrogens is 286 g/mol. The summed E-state index contributed by atoms with van der Waals surface area (Å²) in [5.41, 5.74) is 1.09. The molecule has 1 aliphatic rings. The van der Waals surface area contributed by atoms with Gasteiger partial charge in [-0.05, 0) is 63.1 Å². The molecule has 0 aliphatic carbocycles. The molecule has 19 heavy (non-hydrogen) atoms. The molecule has 0 radical (unpaired) electrons. The quantitative estimate of drug-likeness (QED) is 0.918. The summed E-state index contributed by atoms with van der Waals surface area (Å²) in [4.78, 5) is 2.41. The lowest BCUT2D eigenvalue weighted by Crippen LogP contribution is -2.36. The Kier molecular flexibility index (Phi) is 7.08.